The van der Waals surface area contributed by atoms with Crippen molar-refractivity contribution in [1.82, 2.24) is 9.88 Å². The van der Waals surface area contributed by atoms with Crippen LogP contribution in [-0.2, 0) is 11.3 Å². The molecule has 0 aliphatic carbocycles. The number of aromatic nitrogens is 1. The molecule has 2 aromatic heterocycles. The number of hydrogen-bond acceptors (Lipinski definition) is 2. The van der Waals surface area contributed by atoms with E-state index in [1.807, 2.05) is 18.3 Å². The Labute approximate surface area is 122 Å². The Balaban J connectivity index is 1.53. The summed E-state index contributed by atoms with van der Waals surface area (Å²) in [6.07, 6.45) is 6.75. The molecule has 3 rings (SSSR count). The van der Waals surface area contributed by atoms with Crippen LogP contribution in [0.25, 0.3) is 17.0 Å². The van der Waals surface area contributed by atoms with E-state index in [2.05, 4.69) is 28.1 Å². The SMILES string of the molecule is O=C(/C=C/c1ccco1)NCCn1ccc2ccccc21. The molecule has 0 saturated carbocycles. The number of fused-ring (bicyclic) bond motifs is 1. The van der Waals surface area contributed by atoms with Crippen molar-refractivity contribution in [3.63, 3.8) is 0 Å². The molecule has 1 N–H and O–H groups in total. The summed E-state index contributed by atoms with van der Waals surface area (Å²) in [5, 5.41) is 4.07. The molecule has 0 radical (unpaired) electrons. The quantitative estimate of drug-likeness (QED) is 0.730. The van der Waals surface area contributed by atoms with Crippen LogP contribution in [0.4, 0.5) is 0 Å². The molecular formula is C17H16N2O2. The summed E-state index contributed by atoms with van der Waals surface area (Å²) in [6.45, 7) is 1.33. The number of carbonyl (C=O) groups is 1. The molecule has 2 heterocycles. The summed E-state index contributed by atoms with van der Waals surface area (Å²) in [5.41, 5.74) is 1.18. The summed E-state index contributed by atoms with van der Waals surface area (Å²) in [5.74, 6) is 0.546. The molecule has 3 aromatic rings. The van der Waals surface area contributed by atoms with E-state index < -0.39 is 0 Å². The van der Waals surface area contributed by atoms with Gasteiger partial charge in [-0.05, 0) is 35.7 Å². The highest BCUT2D eigenvalue weighted by Crippen LogP contribution is 2.14. The molecule has 4 heteroatoms. The minimum absolute atomic E-state index is 0.122. The molecule has 1 aromatic carbocycles. The predicted molar refractivity (Wildman–Crippen MR) is 82.7 cm³/mol. The fourth-order valence-corrected chi connectivity index (χ4v) is 2.24. The number of hydrogen-bond donors (Lipinski definition) is 1. The van der Waals surface area contributed by atoms with Crippen LogP contribution in [0.1, 0.15) is 5.76 Å². The molecule has 0 spiro atoms. The second kappa shape index (κ2) is 6.13. The first kappa shape index (κ1) is 13.2. The van der Waals surface area contributed by atoms with Gasteiger partial charge in [0.1, 0.15) is 5.76 Å². The number of rotatable bonds is 5. The summed E-state index contributed by atoms with van der Waals surface area (Å²) in [4.78, 5) is 11.7. The van der Waals surface area contributed by atoms with Crippen molar-refractivity contribution in [2.75, 3.05) is 6.54 Å². The fraction of sp³-hybridized carbons (Fsp3) is 0.118. The van der Waals surface area contributed by atoms with E-state index in [1.165, 1.54) is 17.0 Å². The van der Waals surface area contributed by atoms with Crippen LogP contribution in [0, 0.1) is 0 Å². The normalized spacial score (nSPS) is 11.2. The lowest BCUT2D eigenvalue weighted by Crippen LogP contribution is -2.25. The van der Waals surface area contributed by atoms with Gasteiger partial charge >= 0.3 is 0 Å². The van der Waals surface area contributed by atoms with Crippen molar-refractivity contribution in [3.8, 4) is 0 Å². The van der Waals surface area contributed by atoms with Crippen molar-refractivity contribution in [1.29, 1.82) is 0 Å². The number of furan rings is 1. The first-order chi connectivity index (χ1) is 10.3. The Morgan fingerprint density at radius 3 is 2.95 bits per heavy atom. The van der Waals surface area contributed by atoms with Crippen molar-refractivity contribution in [2.24, 2.45) is 0 Å². The first-order valence-electron chi connectivity index (χ1n) is 6.86. The maximum atomic E-state index is 11.7. The third-order valence-electron chi connectivity index (χ3n) is 3.27. The second-order valence-electron chi connectivity index (χ2n) is 4.71. The Hall–Kier alpha value is -2.75. The number of carbonyl (C=O) groups excluding carboxylic acids is 1. The molecule has 0 fully saturated rings. The third-order valence-corrected chi connectivity index (χ3v) is 3.27. The van der Waals surface area contributed by atoms with Gasteiger partial charge in [-0.25, -0.2) is 0 Å². The zero-order valence-corrected chi connectivity index (χ0v) is 11.5. The van der Waals surface area contributed by atoms with Gasteiger partial charge in [0.2, 0.25) is 5.91 Å². The minimum Gasteiger partial charge on any atom is -0.465 e. The van der Waals surface area contributed by atoms with Crippen LogP contribution in [0.5, 0.6) is 0 Å². The lowest BCUT2D eigenvalue weighted by Gasteiger charge is -2.05. The van der Waals surface area contributed by atoms with Crippen LogP contribution < -0.4 is 5.32 Å². The molecule has 0 aliphatic heterocycles. The standard InChI is InChI=1S/C17H16N2O2/c20-17(8-7-15-5-3-13-21-15)18-10-12-19-11-9-14-4-1-2-6-16(14)19/h1-9,11,13H,10,12H2,(H,18,20)/b8-7+. The van der Waals surface area contributed by atoms with Crippen LogP contribution in [0.3, 0.4) is 0 Å². The number of amides is 1. The Morgan fingerprint density at radius 1 is 1.19 bits per heavy atom. The first-order valence-corrected chi connectivity index (χ1v) is 6.86. The topological polar surface area (TPSA) is 47.2 Å². The maximum absolute atomic E-state index is 11.7. The number of nitrogens with one attached hydrogen (secondary N) is 1. The van der Waals surface area contributed by atoms with Crippen LogP contribution in [-0.4, -0.2) is 17.0 Å². The molecular weight excluding hydrogens is 264 g/mol. The number of nitrogens with zero attached hydrogens (tertiary/aromatic N) is 1. The summed E-state index contributed by atoms with van der Waals surface area (Å²) in [7, 11) is 0. The van der Waals surface area contributed by atoms with Gasteiger partial charge in [0.05, 0.1) is 6.26 Å². The van der Waals surface area contributed by atoms with Gasteiger partial charge in [0.15, 0.2) is 0 Å². The highest BCUT2D eigenvalue weighted by Gasteiger charge is 2.00. The predicted octanol–water partition coefficient (Wildman–Crippen LogP) is 3.06. The molecule has 0 unspecified atom stereocenters. The minimum atomic E-state index is -0.122. The number of benzene rings is 1. The van der Waals surface area contributed by atoms with Gasteiger partial charge in [-0.15, -0.1) is 0 Å². The Morgan fingerprint density at radius 2 is 2.10 bits per heavy atom. The van der Waals surface area contributed by atoms with Gasteiger partial charge < -0.3 is 14.3 Å². The molecule has 0 saturated heterocycles. The van der Waals surface area contributed by atoms with Gasteiger partial charge in [0, 0.05) is 30.9 Å². The average molecular weight is 280 g/mol. The molecule has 4 nitrogen and oxygen atoms in total. The van der Waals surface area contributed by atoms with Crippen LogP contribution in [0.2, 0.25) is 0 Å². The molecule has 0 atom stereocenters. The lowest BCUT2D eigenvalue weighted by atomic mass is 10.2. The van der Waals surface area contributed by atoms with E-state index in [4.69, 9.17) is 4.42 Å². The fourth-order valence-electron chi connectivity index (χ4n) is 2.24. The Kier molecular flexibility index (Phi) is 3.87. The smallest absolute Gasteiger partial charge is 0.244 e. The van der Waals surface area contributed by atoms with Crippen molar-refractivity contribution >= 4 is 22.9 Å². The molecule has 106 valence electrons. The zero-order chi connectivity index (χ0) is 14.5. The van der Waals surface area contributed by atoms with Crippen molar-refractivity contribution in [2.45, 2.75) is 6.54 Å². The van der Waals surface area contributed by atoms with E-state index >= 15 is 0 Å². The molecule has 1 amide bonds. The number of para-hydroxylation sites is 1. The van der Waals surface area contributed by atoms with Crippen LogP contribution in [0.15, 0.2) is 65.4 Å². The zero-order valence-electron chi connectivity index (χ0n) is 11.5. The molecule has 0 aliphatic rings. The second-order valence-corrected chi connectivity index (χ2v) is 4.71. The average Bonchev–Trinajstić information content (AvgIpc) is 3.15. The summed E-state index contributed by atoms with van der Waals surface area (Å²) >= 11 is 0. The highest BCUT2D eigenvalue weighted by atomic mass is 16.3. The third kappa shape index (κ3) is 3.23. The van der Waals surface area contributed by atoms with Gasteiger partial charge in [-0.3, -0.25) is 4.79 Å². The largest absolute Gasteiger partial charge is 0.465 e. The maximum Gasteiger partial charge on any atom is 0.244 e. The van der Waals surface area contributed by atoms with E-state index in [0.717, 1.165) is 6.54 Å². The van der Waals surface area contributed by atoms with E-state index in [1.54, 1.807) is 24.5 Å². The van der Waals surface area contributed by atoms with Crippen molar-refractivity contribution < 1.29 is 9.21 Å². The van der Waals surface area contributed by atoms with E-state index in [9.17, 15) is 4.79 Å². The summed E-state index contributed by atoms with van der Waals surface area (Å²) < 4.78 is 7.26. The van der Waals surface area contributed by atoms with Gasteiger partial charge in [0.25, 0.3) is 0 Å². The molecule has 0 bridgehead atoms. The van der Waals surface area contributed by atoms with Crippen LogP contribution >= 0.6 is 0 Å². The highest BCUT2D eigenvalue weighted by molar-refractivity contribution is 5.91. The lowest BCUT2D eigenvalue weighted by molar-refractivity contribution is -0.116. The van der Waals surface area contributed by atoms with E-state index in [0.29, 0.717) is 12.3 Å². The van der Waals surface area contributed by atoms with Gasteiger partial charge in [-0.2, -0.15) is 0 Å². The summed E-state index contributed by atoms with van der Waals surface area (Å²) in [6, 6.07) is 13.9. The van der Waals surface area contributed by atoms with Gasteiger partial charge in [-0.1, -0.05) is 18.2 Å². The van der Waals surface area contributed by atoms with E-state index in [-0.39, 0.29) is 5.91 Å². The monoisotopic (exact) mass is 280 g/mol. The van der Waals surface area contributed by atoms with Crippen molar-refractivity contribution in [3.05, 3.63) is 66.8 Å². The Bertz CT molecular complexity index is 754. The molecule has 21 heavy (non-hydrogen) atoms.